The van der Waals surface area contributed by atoms with Crippen molar-refractivity contribution in [1.82, 2.24) is 19.8 Å². The fraction of sp³-hybridized carbons (Fsp3) is 0.364. The van der Waals surface area contributed by atoms with Crippen molar-refractivity contribution in [2.24, 2.45) is 0 Å². The van der Waals surface area contributed by atoms with E-state index >= 15 is 0 Å². The van der Waals surface area contributed by atoms with Gasteiger partial charge < -0.3 is 19.5 Å². The van der Waals surface area contributed by atoms with Crippen LogP contribution in [0.3, 0.4) is 0 Å². The highest BCUT2D eigenvalue weighted by molar-refractivity contribution is 5.75. The molecule has 0 spiro atoms. The van der Waals surface area contributed by atoms with Gasteiger partial charge in [-0.3, -0.25) is 0 Å². The van der Waals surface area contributed by atoms with E-state index in [1.807, 2.05) is 41.6 Å². The number of nitrogens with zero attached hydrogens (tertiary/aromatic N) is 3. The topological polar surface area (TPSA) is 59.4 Å². The van der Waals surface area contributed by atoms with Crippen molar-refractivity contribution in [3.63, 3.8) is 0 Å². The van der Waals surface area contributed by atoms with E-state index in [0.29, 0.717) is 6.54 Å². The van der Waals surface area contributed by atoms with Gasteiger partial charge in [0, 0.05) is 19.6 Å². The zero-order valence-electron chi connectivity index (χ0n) is 16.2. The van der Waals surface area contributed by atoms with Gasteiger partial charge in [0.1, 0.15) is 5.75 Å². The summed E-state index contributed by atoms with van der Waals surface area (Å²) in [6.45, 7) is 2.29. The van der Waals surface area contributed by atoms with Crippen LogP contribution in [0, 0.1) is 0 Å². The number of nitrogens with one attached hydrogen (secondary N) is 1. The minimum Gasteiger partial charge on any atom is -0.497 e. The van der Waals surface area contributed by atoms with Crippen LogP contribution in [0.15, 0.2) is 54.9 Å². The van der Waals surface area contributed by atoms with Crippen LogP contribution in [0.2, 0.25) is 0 Å². The van der Waals surface area contributed by atoms with Crippen molar-refractivity contribution in [3.8, 4) is 5.75 Å². The summed E-state index contributed by atoms with van der Waals surface area (Å²) in [5, 5.41) is 3.09. The van der Waals surface area contributed by atoms with Gasteiger partial charge in [0.2, 0.25) is 0 Å². The van der Waals surface area contributed by atoms with E-state index in [1.165, 1.54) is 5.56 Å². The van der Waals surface area contributed by atoms with Gasteiger partial charge in [0.25, 0.3) is 0 Å². The number of imidazole rings is 1. The SMILES string of the molecule is COc1ccc(C2CCCN2C(=O)NCCCn2cnc3ccccc32)cc1. The predicted octanol–water partition coefficient (Wildman–Crippen LogP) is 3.98. The standard InChI is InChI=1S/C22H26N4O2/c1-28-18-11-9-17(10-12-18)20-8-4-15-26(20)22(27)23-13-5-14-25-16-24-19-6-2-3-7-21(19)25/h2-3,6-7,9-12,16,20H,4-5,8,13-15H2,1H3,(H,23,27). The molecule has 6 heteroatoms. The molecule has 0 aliphatic carbocycles. The number of aryl methyl sites for hydroxylation is 1. The Morgan fingerprint density at radius 2 is 2.04 bits per heavy atom. The van der Waals surface area contributed by atoms with Crippen LogP contribution in [0.1, 0.15) is 30.9 Å². The minimum atomic E-state index is 0.0220. The van der Waals surface area contributed by atoms with Crippen LogP contribution in [0.25, 0.3) is 11.0 Å². The Kier molecular flexibility index (Phi) is 5.46. The van der Waals surface area contributed by atoms with Crippen LogP contribution in [-0.4, -0.2) is 40.7 Å². The Morgan fingerprint density at radius 3 is 2.86 bits per heavy atom. The van der Waals surface area contributed by atoms with Crippen LogP contribution >= 0.6 is 0 Å². The smallest absolute Gasteiger partial charge is 0.317 e. The van der Waals surface area contributed by atoms with Gasteiger partial charge in [-0.1, -0.05) is 24.3 Å². The number of benzene rings is 2. The molecule has 0 bridgehead atoms. The molecule has 1 aliphatic heterocycles. The largest absolute Gasteiger partial charge is 0.497 e. The number of carbonyl (C=O) groups excluding carboxylic acids is 1. The minimum absolute atomic E-state index is 0.0220. The zero-order chi connectivity index (χ0) is 19.3. The summed E-state index contributed by atoms with van der Waals surface area (Å²) in [5.74, 6) is 0.838. The van der Waals surface area contributed by atoms with Crippen molar-refractivity contribution in [2.45, 2.75) is 31.8 Å². The quantitative estimate of drug-likeness (QED) is 0.660. The van der Waals surface area contributed by atoms with E-state index in [0.717, 1.165) is 49.1 Å². The molecule has 28 heavy (non-hydrogen) atoms. The molecule has 1 aromatic heterocycles. The zero-order valence-corrected chi connectivity index (χ0v) is 16.2. The summed E-state index contributed by atoms with van der Waals surface area (Å²) in [4.78, 5) is 19.1. The van der Waals surface area contributed by atoms with Crippen LogP contribution in [0.5, 0.6) is 5.75 Å². The number of fused-ring (bicyclic) bond motifs is 1. The molecule has 2 aromatic carbocycles. The summed E-state index contributed by atoms with van der Waals surface area (Å²) < 4.78 is 7.37. The molecule has 1 N–H and O–H groups in total. The molecule has 4 rings (SSSR count). The normalized spacial score (nSPS) is 16.5. The number of amides is 2. The van der Waals surface area contributed by atoms with Gasteiger partial charge in [-0.2, -0.15) is 0 Å². The Balaban J connectivity index is 1.30. The fourth-order valence-electron chi connectivity index (χ4n) is 3.92. The first-order valence-corrected chi connectivity index (χ1v) is 9.84. The average Bonchev–Trinajstić information content (AvgIpc) is 3.39. The number of carbonyl (C=O) groups is 1. The van der Waals surface area contributed by atoms with Crippen LogP contribution in [0.4, 0.5) is 4.79 Å². The average molecular weight is 378 g/mol. The first kappa shape index (κ1) is 18.3. The molecule has 3 aromatic rings. The molecule has 1 saturated heterocycles. The van der Waals surface area contributed by atoms with E-state index in [1.54, 1.807) is 7.11 Å². The number of likely N-dealkylation sites (tertiary alicyclic amines) is 1. The van der Waals surface area contributed by atoms with E-state index in [-0.39, 0.29) is 12.1 Å². The van der Waals surface area contributed by atoms with Gasteiger partial charge in [-0.05, 0) is 49.1 Å². The molecule has 0 saturated carbocycles. The van der Waals surface area contributed by atoms with Gasteiger partial charge in [0.15, 0.2) is 0 Å². The summed E-state index contributed by atoms with van der Waals surface area (Å²) in [7, 11) is 1.66. The molecular formula is C22H26N4O2. The first-order valence-electron chi connectivity index (χ1n) is 9.84. The van der Waals surface area contributed by atoms with Crippen LogP contribution in [-0.2, 0) is 6.54 Å². The van der Waals surface area contributed by atoms with E-state index < -0.39 is 0 Å². The summed E-state index contributed by atoms with van der Waals surface area (Å²) >= 11 is 0. The number of hydrogen-bond acceptors (Lipinski definition) is 3. The van der Waals surface area contributed by atoms with Gasteiger partial charge in [0.05, 0.1) is 30.5 Å². The highest BCUT2D eigenvalue weighted by Gasteiger charge is 2.29. The number of ether oxygens (including phenoxy) is 1. The maximum absolute atomic E-state index is 12.7. The van der Waals surface area contributed by atoms with Crippen molar-refractivity contribution < 1.29 is 9.53 Å². The van der Waals surface area contributed by atoms with Gasteiger partial charge in [-0.25, -0.2) is 9.78 Å². The molecule has 2 amide bonds. The molecular weight excluding hydrogens is 352 g/mol. The Labute approximate surface area is 165 Å². The molecule has 6 nitrogen and oxygen atoms in total. The highest BCUT2D eigenvalue weighted by atomic mass is 16.5. The molecule has 1 unspecified atom stereocenters. The third-order valence-electron chi connectivity index (χ3n) is 5.39. The number of rotatable bonds is 6. The Morgan fingerprint density at radius 1 is 1.21 bits per heavy atom. The number of para-hydroxylation sites is 2. The van der Waals surface area contributed by atoms with Crippen molar-refractivity contribution in [2.75, 3.05) is 20.2 Å². The van der Waals surface area contributed by atoms with Crippen molar-refractivity contribution in [1.29, 1.82) is 0 Å². The lowest BCUT2D eigenvalue weighted by Gasteiger charge is -2.25. The summed E-state index contributed by atoms with van der Waals surface area (Å²) in [6, 6.07) is 16.3. The van der Waals surface area contributed by atoms with Crippen molar-refractivity contribution in [3.05, 3.63) is 60.4 Å². The monoisotopic (exact) mass is 378 g/mol. The second-order valence-electron chi connectivity index (χ2n) is 7.14. The Bertz CT molecular complexity index is 935. The first-order chi connectivity index (χ1) is 13.8. The van der Waals surface area contributed by atoms with Gasteiger partial charge in [-0.15, -0.1) is 0 Å². The number of hydrogen-bond donors (Lipinski definition) is 1. The van der Waals surface area contributed by atoms with Crippen LogP contribution < -0.4 is 10.1 Å². The number of aromatic nitrogens is 2. The molecule has 1 atom stereocenters. The lowest BCUT2D eigenvalue weighted by Crippen LogP contribution is -2.40. The second kappa shape index (κ2) is 8.33. The predicted molar refractivity (Wildman–Crippen MR) is 109 cm³/mol. The lowest BCUT2D eigenvalue weighted by molar-refractivity contribution is 0.193. The molecule has 0 radical (unpaired) electrons. The highest BCUT2D eigenvalue weighted by Crippen LogP contribution is 2.32. The molecule has 1 aliphatic rings. The number of urea groups is 1. The third kappa shape index (κ3) is 3.81. The molecule has 2 heterocycles. The third-order valence-corrected chi connectivity index (χ3v) is 5.39. The molecule has 1 fully saturated rings. The van der Waals surface area contributed by atoms with E-state index in [2.05, 4.69) is 33.1 Å². The fourth-order valence-corrected chi connectivity index (χ4v) is 3.92. The van der Waals surface area contributed by atoms with Crippen molar-refractivity contribution >= 4 is 17.1 Å². The lowest BCUT2D eigenvalue weighted by atomic mass is 10.0. The van der Waals surface area contributed by atoms with Gasteiger partial charge >= 0.3 is 6.03 Å². The maximum atomic E-state index is 12.7. The summed E-state index contributed by atoms with van der Waals surface area (Å²) in [5.41, 5.74) is 3.30. The summed E-state index contributed by atoms with van der Waals surface area (Å²) in [6.07, 6.45) is 4.77. The second-order valence-corrected chi connectivity index (χ2v) is 7.14. The Hall–Kier alpha value is -3.02. The van der Waals surface area contributed by atoms with E-state index in [9.17, 15) is 4.79 Å². The molecule has 146 valence electrons. The number of methoxy groups -OCH3 is 1. The van der Waals surface area contributed by atoms with E-state index in [4.69, 9.17) is 4.74 Å². The maximum Gasteiger partial charge on any atom is 0.317 e.